The summed E-state index contributed by atoms with van der Waals surface area (Å²) < 4.78 is 5.82. The van der Waals surface area contributed by atoms with Crippen LogP contribution < -0.4 is 4.90 Å². The van der Waals surface area contributed by atoms with Gasteiger partial charge in [-0.05, 0) is 91.0 Å². The lowest BCUT2D eigenvalue weighted by Crippen LogP contribution is -2.47. The molecule has 0 spiro atoms. The van der Waals surface area contributed by atoms with E-state index in [1.807, 2.05) is 38.7 Å². The zero-order valence-electron chi connectivity index (χ0n) is 20.8. The van der Waals surface area contributed by atoms with Gasteiger partial charge in [0.15, 0.2) is 0 Å². The van der Waals surface area contributed by atoms with Crippen molar-refractivity contribution < 1.29 is 19.4 Å². The number of carbonyl (C=O) groups excluding carboxylic acids is 1. The van der Waals surface area contributed by atoms with Crippen LogP contribution in [0.5, 0.6) is 0 Å². The number of carbonyl (C=O) groups is 2. The van der Waals surface area contributed by atoms with E-state index in [1.165, 1.54) is 11.3 Å². The summed E-state index contributed by atoms with van der Waals surface area (Å²) in [6.45, 7) is 11.0. The van der Waals surface area contributed by atoms with Crippen molar-refractivity contribution >= 4 is 28.9 Å². The lowest BCUT2D eigenvalue weighted by atomic mass is 9.81. The topological polar surface area (TPSA) is 66.8 Å². The van der Waals surface area contributed by atoms with Crippen molar-refractivity contribution in [3.63, 3.8) is 0 Å². The molecule has 0 aliphatic heterocycles. The highest BCUT2D eigenvalue weighted by Crippen LogP contribution is 2.39. The molecular formula is C27H39NO4S. The van der Waals surface area contributed by atoms with Crippen LogP contribution in [0.15, 0.2) is 6.07 Å². The van der Waals surface area contributed by atoms with E-state index in [4.69, 9.17) is 4.74 Å². The molecule has 6 heteroatoms. The van der Waals surface area contributed by atoms with Crippen LogP contribution in [-0.2, 0) is 9.53 Å². The van der Waals surface area contributed by atoms with Crippen molar-refractivity contribution in [2.75, 3.05) is 11.5 Å². The molecule has 1 N–H and O–H groups in total. The summed E-state index contributed by atoms with van der Waals surface area (Å²) in [5, 5.41) is 10.00. The maximum Gasteiger partial charge on any atom is 0.348 e. The average Bonchev–Trinajstić information content (AvgIpc) is 3.18. The normalized spacial score (nSPS) is 25.7. The van der Waals surface area contributed by atoms with E-state index >= 15 is 0 Å². The highest BCUT2D eigenvalue weighted by Gasteiger charge is 2.37. The molecule has 0 saturated heterocycles. The van der Waals surface area contributed by atoms with Crippen LogP contribution in [0.2, 0.25) is 0 Å². The van der Waals surface area contributed by atoms with Crippen LogP contribution in [0.1, 0.15) is 101 Å². The fourth-order valence-electron chi connectivity index (χ4n) is 4.93. The lowest BCUT2D eigenvalue weighted by molar-refractivity contribution is -0.124. The largest absolute Gasteiger partial charge is 0.477 e. The van der Waals surface area contributed by atoms with Crippen LogP contribution in [0, 0.1) is 29.1 Å². The van der Waals surface area contributed by atoms with Gasteiger partial charge >= 0.3 is 5.97 Å². The molecular weight excluding hydrogens is 434 g/mol. The fourth-order valence-corrected chi connectivity index (χ4v) is 5.77. The number of ether oxygens (including phenoxy) is 1. The van der Waals surface area contributed by atoms with Crippen molar-refractivity contribution in [1.29, 1.82) is 0 Å². The number of amides is 1. The fraction of sp³-hybridized carbons (Fsp3) is 0.704. The van der Waals surface area contributed by atoms with E-state index < -0.39 is 5.97 Å². The van der Waals surface area contributed by atoms with Gasteiger partial charge in [-0.25, -0.2) is 4.79 Å². The Labute approximate surface area is 202 Å². The molecule has 1 amide bonds. The third-order valence-electron chi connectivity index (χ3n) is 6.74. The van der Waals surface area contributed by atoms with Crippen molar-refractivity contribution in [3.8, 4) is 11.8 Å². The number of hydrogen-bond donors (Lipinski definition) is 1. The number of carboxylic acids is 1. The zero-order chi connectivity index (χ0) is 24.2. The van der Waals surface area contributed by atoms with E-state index in [1.54, 1.807) is 0 Å². The SMILES string of the molecule is CCOC1CCC(N(C(=O)C2CCC(C)CC2)c2cc(C#CC(C)(C)C)sc2C(=O)O)CC1. The average molecular weight is 474 g/mol. The number of anilines is 1. The minimum atomic E-state index is -0.989. The van der Waals surface area contributed by atoms with E-state index in [2.05, 4.69) is 18.8 Å². The quantitative estimate of drug-likeness (QED) is 0.489. The Kier molecular flexibility index (Phi) is 8.64. The predicted octanol–water partition coefficient (Wildman–Crippen LogP) is 6.35. The molecule has 0 atom stereocenters. The van der Waals surface area contributed by atoms with Crippen LogP contribution in [0.4, 0.5) is 5.69 Å². The maximum absolute atomic E-state index is 13.9. The van der Waals surface area contributed by atoms with Gasteiger partial charge in [-0.2, -0.15) is 0 Å². The van der Waals surface area contributed by atoms with Crippen molar-refractivity contribution in [2.24, 2.45) is 17.3 Å². The molecule has 182 valence electrons. The smallest absolute Gasteiger partial charge is 0.348 e. The Morgan fingerprint density at radius 3 is 2.30 bits per heavy atom. The second-order valence-corrected chi connectivity index (χ2v) is 11.7. The Morgan fingerprint density at radius 2 is 1.76 bits per heavy atom. The van der Waals surface area contributed by atoms with Crippen LogP contribution in [0.25, 0.3) is 0 Å². The summed E-state index contributed by atoms with van der Waals surface area (Å²) in [4.78, 5) is 28.9. The molecule has 2 saturated carbocycles. The standard InChI is InChI=1S/C27H39NO4S/c1-6-32-21-13-11-20(12-14-21)28(25(29)19-9-7-18(2)8-10-19)23-17-22(15-16-27(3,4)5)33-24(23)26(30)31/h17-21H,6-14H2,1-5H3,(H,30,31). The first-order chi connectivity index (χ1) is 15.6. The van der Waals surface area contributed by atoms with Gasteiger partial charge in [0, 0.05) is 24.0 Å². The van der Waals surface area contributed by atoms with E-state index in [9.17, 15) is 14.7 Å². The first kappa shape index (κ1) is 25.8. The maximum atomic E-state index is 13.9. The van der Waals surface area contributed by atoms with Crippen LogP contribution >= 0.6 is 11.3 Å². The molecule has 3 rings (SSSR count). The van der Waals surface area contributed by atoms with Gasteiger partial charge in [0.05, 0.1) is 16.7 Å². The number of hydrogen-bond acceptors (Lipinski definition) is 4. The van der Waals surface area contributed by atoms with E-state index in [-0.39, 0.29) is 34.3 Å². The second-order valence-electron chi connectivity index (χ2n) is 10.7. The summed E-state index contributed by atoms with van der Waals surface area (Å²) in [5.74, 6) is 6.08. The highest BCUT2D eigenvalue weighted by molar-refractivity contribution is 7.15. The summed E-state index contributed by atoms with van der Waals surface area (Å²) in [6, 6.07) is 1.84. The van der Waals surface area contributed by atoms with Crippen molar-refractivity contribution in [2.45, 2.75) is 98.1 Å². The minimum absolute atomic E-state index is 0.00433. The number of thiophene rings is 1. The third-order valence-corrected chi connectivity index (χ3v) is 7.77. The molecule has 0 bridgehead atoms. The lowest BCUT2D eigenvalue weighted by Gasteiger charge is -2.39. The van der Waals surface area contributed by atoms with Gasteiger partial charge in [0.1, 0.15) is 4.88 Å². The van der Waals surface area contributed by atoms with Gasteiger partial charge in [-0.1, -0.05) is 18.8 Å². The van der Waals surface area contributed by atoms with E-state index in [0.29, 0.717) is 23.1 Å². The number of aromatic carboxylic acids is 1. The monoisotopic (exact) mass is 473 g/mol. The minimum Gasteiger partial charge on any atom is -0.477 e. The van der Waals surface area contributed by atoms with Crippen molar-refractivity contribution in [1.82, 2.24) is 0 Å². The van der Waals surface area contributed by atoms with Crippen molar-refractivity contribution in [3.05, 3.63) is 15.8 Å². The summed E-state index contributed by atoms with van der Waals surface area (Å²) in [5.41, 5.74) is 0.355. The highest BCUT2D eigenvalue weighted by atomic mass is 32.1. The Morgan fingerprint density at radius 1 is 1.12 bits per heavy atom. The van der Waals surface area contributed by atoms with Gasteiger partial charge < -0.3 is 14.7 Å². The summed E-state index contributed by atoms with van der Waals surface area (Å²) >= 11 is 1.18. The molecule has 1 aromatic heterocycles. The molecule has 0 unspecified atom stereocenters. The first-order valence-electron chi connectivity index (χ1n) is 12.4. The molecule has 33 heavy (non-hydrogen) atoms. The number of rotatable bonds is 6. The molecule has 2 aliphatic rings. The Hall–Kier alpha value is -1.84. The number of nitrogens with zero attached hydrogens (tertiary/aromatic N) is 1. The second kappa shape index (κ2) is 11.1. The molecule has 2 aliphatic carbocycles. The molecule has 1 aromatic rings. The van der Waals surface area contributed by atoms with Gasteiger partial charge in [-0.3, -0.25) is 4.79 Å². The molecule has 1 heterocycles. The van der Waals surface area contributed by atoms with Gasteiger partial charge in [0.25, 0.3) is 0 Å². The van der Waals surface area contributed by atoms with Crippen LogP contribution in [-0.4, -0.2) is 35.7 Å². The summed E-state index contributed by atoms with van der Waals surface area (Å²) in [6.07, 6.45) is 7.56. The molecule has 5 nitrogen and oxygen atoms in total. The zero-order valence-corrected chi connectivity index (χ0v) is 21.6. The Bertz CT molecular complexity index is 887. The molecule has 0 radical (unpaired) electrons. The Balaban J connectivity index is 1.96. The molecule has 0 aromatic carbocycles. The molecule has 2 fully saturated rings. The predicted molar refractivity (Wildman–Crippen MR) is 134 cm³/mol. The number of carboxylic acid groups (broad SMARTS) is 1. The van der Waals surface area contributed by atoms with Gasteiger partial charge in [-0.15, -0.1) is 11.3 Å². The van der Waals surface area contributed by atoms with Crippen LogP contribution in [0.3, 0.4) is 0 Å². The first-order valence-corrected chi connectivity index (χ1v) is 13.3. The third kappa shape index (κ3) is 6.83. The van der Waals surface area contributed by atoms with E-state index in [0.717, 1.165) is 51.4 Å². The van der Waals surface area contributed by atoms with Gasteiger partial charge in [0.2, 0.25) is 5.91 Å². The summed E-state index contributed by atoms with van der Waals surface area (Å²) in [7, 11) is 0.